The lowest BCUT2D eigenvalue weighted by Crippen LogP contribution is -2.05. The van der Waals surface area contributed by atoms with E-state index in [1.54, 1.807) is 0 Å². The number of rotatable bonds is 6. The number of hydrogen-bond acceptors (Lipinski definition) is 5. The second-order valence-electron chi connectivity index (χ2n) is 4.06. The normalized spacial score (nSPS) is 11.0. The summed E-state index contributed by atoms with van der Waals surface area (Å²) in [6.45, 7) is 9.51. The van der Waals surface area contributed by atoms with Gasteiger partial charge in [0.2, 0.25) is 0 Å². The van der Waals surface area contributed by atoms with E-state index in [0.717, 1.165) is 18.2 Å². The summed E-state index contributed by atoms with van der Waals surface area (Å²) >= 11 is 0. The first-order valence-electron chi connectivity index (χ1n) is 6.20. The Labute approximate surface area is 127 Å². The number of allylic oxidation sites excluding steroid dienone is 2. The summed E-state index contributed by atoms with van der Waals surface area (Å²) in [4.78, 5) is 22.1. The van der Waals surface area contributed by atoms with Crippen LogP contribution in [0.5, 0.6) is 11.5 Å². The van der Waals surface area contributed by atoms with Crippen LogP contribution in [0.1, 0.15) is 13.8 Å². The molecule has 0 aliphatic rings. The van der Waals surface area contributed by atoms with E-state index in [2.05, 4.69) is 13.2 Å². The number of carbonyl (C=O) groups is 2. The molecule has 0 unspecified atom stereocenters. The van der Waals surface area contributed by atoms with Gasteiger partial charge in [0.15, 0.2) is 11.6 Å². The van der Waals surface area contributed by atoms with E-state index in [-0.39, 0.29) is 23.0 Å². The minimum absolute atomic E-state index is 0.0196. The SMILES string of the molecule is C=CC(=O)O/C(C)=C(\C)Oc1ccc(OC(=O)C=C)cc1F. The molecule has 6 heteroatoms. The van der Waals surface area contributed by atoms with Crippen LogP contribution in [0.3, 0.4) is 0 Å². The molecule has 0 saturated heterocycles. The predicted octanol–water partition coefficient (Wildman–Crippen LogP) is 3.28. The molecule has 0 aromatic heterocycles. The van der Waals surface area contributed by atoms with Crippen LogP contribution in [-0.4, -0.2) is 11.9 Å². The Hall–Kier alpha value is -2.89. The van der Waals surface area contributed by atoms with E-state index in [9.17, 15) is 14.0 Å². The molecule has 0 radical (unpaired) electrons. The fourth-order valence-corrected chi connectivity index (χ4v) is 1.29. The van der Waals surface area contributed by atoms with Gasteiger partial charge in [0.25, 0.3) is 0 Å². The molecule has 116 valence electrons. The van der Waals surface area contributed by atoms with Gasteiger partial charge < -0.3 is 14.2 Å². The van der Waals surface area contributed by atoms with Crippen molar-refractivity contribution in [2.75, 3.05) is 0 Å². The maximum atomic E-state index is 13.9. The maximum absolute atomic E-state index is 13.9. The topological polar surface area (TPSA) is 61.8 Å². The summed E-state index contributed by atoms with van der Waals surface area (Å²) in [6, 6.07) is 3.64. The smallest absolute Gasteiger partial charge is 0.335 e. The molecule has 0 N–H and O–H groups in total. The monoisotopic (exact) mass is 306 g/mol. The Morgan fingerprint density at radius 3 is 2.23 bits per heavy atom. The first kappa shape index (κ1) is 17.2. The molecule has 1 aromatic carbocycles. The molecule has 0 aliphatic heterocycles. The average Bonchev–Trinajstić information content (AvgIpc) is 2.49. The van der Waals surface area contributed by atoms with Crippen LogP contribution in [0.4, 0.5) is 4.39 Å². The van der Waals surface area contributed by atoms with Gasteiger partial charge in [-0.1, -0.05) is 13.2 Å². The van der Waals surface area contributed by atoms with Crippen molar-refractivity contribution in [1.29, 1.82) is 0 Å². The number of carbonyl (C=O) groups excluding carboxylic acids is 2. The van der Waals surface area contributed by atoms with Gasteiger partial charge in [-0.15, -0.1) is 0 Å². The first-order valence-corrected chi connectivity index (χ1v) is 6.20. The summed E-state index contributed by atoms with van der Waals surface area (Å²) in [7, 11) is 0. The Morgan fingerprint density at radius 1 is 1.05 bits per heavy atom. The van der Waals surface area contributed by atoms with E-state index in [4.69, 9.17) is 14.2 Å². The molecule has 1 aromatic rings. The average molecular weight is 306 g/mol. The molecule has 0 fully saturated rings. The van der Waals surface area contributed by atoms with Gasteiger partial charge in [0.05, 0.1) is 0 Å². The van der Waals surface area contributed by atoms with E-state index in [1.165, 1.54) is 26.0 Å². The van der Waals surface area contributed by atoms with Crippen LogP contribution in [0.2, 0.25) is 0 Å². The number of ether oxygens (including phenoxy) is 3. The number of esters is 2. The molecule has 0 saturated carbocycles. The van der Waals surface area contributed by atoms with Crippen LogP contribution in [0, 0.1) is 5.82 Å². The maximum Gasteiger partial charge on any atom is 0.335 e. The van der Waals surface area contributed by atoms with Crippen molar-refractivity contribution in [2.45, 2.75) is 13.8 Å². The van der Waals surface area contributed by atoms with Gasteiger partial charge in [0.1, 0.15) is 17.3 Å². The van der Waals surface area contributed by atoms with Crippen LogP contribution in [-0.2, 0) is 14.3 Å². The molecule has 1 rings (SSSR count). The van der Waals surface area contributed by atoms with Crippen LogP contribution < -0.4 is 9.47 Å². The quantitative estimate of drug-likeness (QED) is 0.349. The molecule has 0 spiro atoms. The highest BCUT2D eigenvalue weighted by atomic mass is 19.1. The lowest BCUT2D eigenvalue weighted by atomic mass is 10.3. The van der Waals surface area contributed by atoms with Gasteiger partial charge in [-0.3, -0.25) is 0 Å². The van der Waals surface area contributed by atoms with E-state index < -0.39 is 17.8 Å². The van der Waals surface area contributed by atoms with Crippen molar-refractivity contribution in [3.63, 3.8) is 0 Å². The standard InChI is InChI=1S/C16H15FO5/c1-5-15(18)21-11(4)10(3)20-14-8-7-12(9-13(14)17)22-16(19)6-2/h5-9H,1-2H2,3-4H3/b11-10+. The second kappa shape index (κ2) is 7.78. The van der Waals surface area contributed by atoms with Gasteiger partial charge in [-0.05, 0) is 26.0 Å². The first-order chi connectivity index (χ1) is 10.4. The van der Waals surface area contributed by atoms with Crippen LogP contribution in [0.25, 0.3) is 0 Å². The predicted molar refractivity (Wildman–Crippen MR) is 77.5 cm³/mol. The van der Waals surface area contributed by atoms with Crippen molar-refractivity contribution in [1.82, 2.24) is 0 Å². The zero-order valence-corrected chi connectivity index (χ0v) is 12.2. The Kier molecular flexibility index (Phi) is 6.07. The molecule has 0 bridgehead atoms. The summed E-state index contributed by atoms with van der Waals surface area (Å²) in [6.07, 6.45) is 1.96. The largest absolute Gasteiger partial charge is 0.455 e. The van der Waals surface area contributed by atoms with Crippen molar-refractivity contribution < 1.29 is 28.2 Å². The summed E-state index contributed by atoms with van der Waals surface area (Å²) in [5.41, 5.74) is 0. The number of benzene rings is 1. The van der Waals surface area contributed by atoms with Crippen molar-refractivity contribution >= 4 is 11.9 Å². The fourth-order valence-electron chi connectivity index (χ4n) is 1.29. The molecule has 22 heavy (non-hydrogen) atoms. The zero-order valence-electron chi connectivity index (χ0n) is 12.2. The highest BCUT2D eigenvalue weighted by Gasteiger charge is 2.11. The fraction of sp³-hybridized carbons (Fsp3) is 0.125. The van der Waals surface area contributed by atoms with E-state index >= 15 is 0 Å². The number of hydrogen-bond donors (Lipinski definition) is 0. The minimum atomic E-state index is -0.739. The van der Waals surface area contributed by atoms with Gasteiger partial charge >= 0.3 is 11.9 Å². The highest BCUT2D eigenvalue weighted by Crippen LogP contribution is 2.25. The third-order valence-electron chi connectivity index (χ3n) is 2.47. The summed E-state index contributed by atoms with van der Waals surface area (Å²) in [5, 5.41) is 0. The number of halogens is 1. The molecule has 0 atom stereocenters. The zero-order chi connectivity index (χ0) is 16.7. The van der Waals surface area contributed by atoms with Crippen molar-refractivity contribution in [2.24, 2.45) is 0 Å². The van der Waals surface area contributed by atoms with Crippen LogP contribution in [0.15, 0.2) is 55.0 Å². The van der Waals surface area contributed by atoms with E-state index in [1.807, 2.05) is 0 Å². The van der Waals surface area contributed by atoms with Gasteiger partial charge in [-0.2, -0.15) is 0 Å². The van der Waals surface area contributed by atoms with Gasteiger partial charge in [-0.25, -0.2) is 14.0 Å². The molecule has 0 aliphatic carbocycles. The van der Waals surface area contributed by atoms with Crippen LogP contribution >= 0.6 is 0 Å². The lowest BCUT2D eigenvalue weighted by Gasteiger charge is -2.11. The molecule has 0 heterocycles. The Balaban J connectivity index is 2.87. The molecular weight excluding hydrogens is 291 g/mol. The third-order valence-corrected chi connectivity index (χ3v) is 2.47. The highest BCUT2D eigenvalue weighted by molar-refractivity contribution is 5.83. The lowest BCUT2D eigenvalue weighted by molar-refractivity contribution is -0.134. The van der Waals surface area contributed by atoms with E-state index in [0.29, 0.717) is 0 Å². The van der Waals surface area contributed by atoms with Crippen molar-refractivity contribution in [3.05, 3.63) is 60.8 Å². The molecule has 5 nitrogen and oxygen atoms in total. The second-order valence-corrected chi connectivity index (χ2v) is 4.06. The molecule has 0 amide bonds. The van der Waals surface area contributed by atoms with Gasteiger partial charge in [0, 0.05) is 18.2 Å². The minimum Gasteiger partial charge on any atom is -0.455 e. The summed E-state index contributed by atoms with van der Waals surface area (Å²) < 4.78 is 28.8. The Morgan fingerprint density at radius 2 is 1.68 bits per heavy atom. The third kappa shape index (κ3) is 4.90. The molecular formula is C16H15FO5. The van der Waals surface area contributed by atoms with Crippen molar-refractivity contribution in [3.8, 4) is 11.5 Å². The summed E-state index contributed by atoms with van der Waals surface area (Å²) in [5.74, 6) is -1.80. The Bertz CT molecular complexity index is 646.